The molecule has 1 atom stereocenters. The Bertz CT molecular complexity index is 990. The predicted octanol–water partition coefficient (Wildman–Crippen LogP) is 6.50. The molecule has 2 aromatic carbocycles. The number of likely N-dealkylation sites (tertiary alicyclic amines) is 1. The van der Waals surface area contributed by atoms with Crippen molar-refractivity contribution < 1.29 is 35.9 Å². The number of hydrogen-bond acceptors (Lipinski definition) is 2. The summed E-state index contributed by atoms with van der Waals surface area (Å²) in [5, 5.41) is 0.541. The molecule has 2 N–H and O–H groups in total. The minimum atomic E-state index is -5.00. The van der Waals surface area contributed by atoms with Gasteiger partial charge in [-0.1, -0.05) is 30.7 Å². The third-order valence-corrected chi connectivity index (χ3v) is 5.71. The van der Waals surface area contributed by atoms with E-state index >= 15 is 0 Å². The third kappa shape index (κ3) is 8.45. The molecule has 2 amide bonds. The molecule has 0 spiro atoms. The number of rotatable bonds is 4. The van der Waals surface area contributed by atoms with Crippen LogP contribution in [0.25, 0.3) is 0 Å². The summed E-state index contributed by atoms with van der Waals surface area (Å²) >= 11 is 5.87. The van der Waals surface area contributed by atoms with Gasteiger partial charge in [0.1, 0.15) is 0 Å². The van der Waals surface area contributed by atoms with Crippen LogP contribution in [-0.4, -0.2) is 29.3 Å². The second-order valence-electron chi connectivity index (χ2n) is 8.09. The molecule has 11 heteroatoms. The van der Waals surface area contributed by atoms with Crippen LogP contribution < -0.4 is 5.73 Å². The zero-order chi connectivity index (χ0) is 26.4. The van der Waals surface area contributed by atoms with Crippen LogP contribution >= 0.6 is 11.6 Å². The van der Waals surface area contributed by atoms with Crippen molar-refractivity contribution in [1.82, 2.24) is 4.90 Å². The van der Waals surface area contributed by atoms with E-state index in [0.717, 1.165) is 12.0 Å². The second-order valence-corrected chi connectivity index (χ2v) is 8.53. The molecule has 1 heterocycles. The normalized spacial score (nSPS) is 16.3. The molecule has 1 saturated heterocycles. The van der Waals surface area contributed by atoms with Gasteiger partial charge in [-0.25, -0.2) is 0 Å². The van der Waals surface area contributed by atoms with E-state index in [9.17, 15) is 35.9 Å². The number of carbonyl (C=O) groups excluding carboxylic acids is 2. The molecule has 1 aliphatic rings. The van der Waals surface area contributed by atoms with Gasteiger partial charge in [0.05, 0.1) is 11.1 Å². The first-order chi connectivity index (χ1) is 16.2. The van der Waals surface area contributed by atoms with Crippen LogP contribution in [0.15, 0.2) is 42.5 Å². The van der Waals surface area contributed by atoms with Gasteiger partial charge in [0.15, 0.2) is 0 Å². The van der Waals surface area contributed by atoms with Crippen molar-refractivity contribution in [3.05, 3.63) is 69.7 Å². The maximum atomic E-state index is 13.1. The first kappa shape index (κ1) is 28.5. The summed E-state index contributed by atoms with van der Waals surface area (Å²) in [6.07, 6.45) is -7.05. The molecule has 192 valence electrons. The van der Waals surface area contributed by atoms with Gasteiger partial charge in [0, 0.05) is 29.6 Å². The molecule has 0 radical (unpaired) electrons. The topological polar surface area (TPSA) is 63.4 Å². The molecule has 0 saturated carbocycles. The Morgan fingerprint density at radius 1 is 0.971 bits per heavy atom. The number of halogens is 7. The van der Waals surface area contributed by atoms with Crippen LogP contribution in [0.4, 0.5) is 26.3 Å². The fourth-order valence-corrected chi connectivity index (χ4v) is 3.74. The lowest BCUT2D eigenvalue weighted by molar-refractivity contribution is -0.143. The molecule has 35 heavy (non-hydrogen) atoms. The van der Waals surface area contributed by atoms with E-state index in [1.165, 1.54) is 4.90 Å². The molecule has 4 nitrogen and oxygen atoms in total. The number of nitrogens with zero attached hydrogens (tertiary/aromatic N) is 1. The second kappa shape index (κ2) is 11.8. The highest BCUT2D eigenvalue weighted by atomic mass is 35.5. The van der Waals surface area contributed by atoms with Crippen molar-refractivity contribution in [2.45, 2.75) is 57.4 Å². The third-order valence-electron chi connectivity index (χ3n) is 5.46. The summed E-state index contributed by atoms with van der Waals surface area (Å²) < 4.78 is 78.8. The molecule has 1 fully saturated rings. The van der Waals surface area contributed by atoms with E-state index in [4.69, 9.17) is 11.6 Å². The molecule has 0 unspecified atom stereocenters. The number of nitrogens with two attached hydrogens (primary N) is 1. The van der Waals surface area contributed by atoms with Gasteiger partial charge in [-0.05, 0) is 61.6 Å². The fourth-order valence-electron chi connectivity index (χ4n) is 3.62. The smallest absolute Gasteiger partial charge is 0.370 e. The Hall–Kier alpha value is -2.75. The van der Waals surface area contributed by atoms with E-state index < -0.39 is 35.0 Å². The SMILES string of the molecule is CCC(N)=O.O=C(c1cc(C(F)(F)F)cc(C(F)(F)F)c1)N1CCCC[C@H]1Cc1ccc(Cl)cc1. The quantitative estimate of drug-likeness (QED) is 0.466. The monoisotopic (exact) mass is 522 g/mol. The van der Waals surface area contributed by atoms with Gasteiger partial charge in [0.2, 0.25) is 5.91 Å². The lowest BCUT2D eigenvalue weighted by Gasteiger charge is -2.36. The maximum absolute atomic E-state index is 13.1. The van der Waals surface area contributed by atoms with Gasteiger partial charge >= 0.3 is 12.4 Å². The average Bonchev–Trinajstić information content (AvgIpc) is 2.79. The summed E-state index contributed by atoms with van der Waals surface area (Å²) in [7, 11) is 0. The van der Waals surface area contributed by atoms with E-state index in [0.29, 0.717) is 42.8 Å². The van der Waals surface area contributed by atoms with Crippen LogP contribution in [-0.2, 0) is 23.6 Å². The molecular formula is C24H25ClF6N2O2. The van der Waals surface area contributed by atoms with Crippen LogP contribution in [0.1, 0.15) is 59.7 Å². The predicted molar refractivity (Wildman–Crippen MR) is 120 cm³/mol. The summed E-state index contributed by atoms with van der Waals surface area (Å²) in [6, 6.07) is 7.63. The number of carbonyl (C=O) groups is 2. The molecule has 3 rings (SSSR count). The summed E-state index contributed by atoms with van der Waals surface area (Å²) in [4.78, 5) is 24.0. The lowest BCUT2D eigenvalue weighted by atomic mass is 9.94. The van der Waals surface area contributed by atoms with Gasteiger partial charge < -0.3 is 10.6 Å². The fraction of sp³-hybridized carbons (Fsp3) is 0.417. The molecule has 1 aliphatic heterocycles. The number of amides is 2. The average molecular weight is 523 g/mol. The van der Waals surface area contributed by atoms with Crippen molar-refractivity contribution in [2.24, 2.45) is 5.73 Å². The van der Waals surface area contributed by atoms with E-state index in [1.54, 1.807) is 31.2 Å². The Morgan fingerprint density at radius 3 is 1.94 bits per heavy atom. The zero-order valence-corrected chi connectivity index (χ0v) is 19.6. The maximum Gasteiger partial charge on any atom is 0.416 e. The summed E-state index contributed by atoms with van der Waals surface area (Å²) in [6.45, 7) is 2.00. The minimum absolute atomic E-state index is 0.0260. The highest BCUT2D eigenvalue weighted by Gasteiger charge is 2.38. The highest BCUT2D eigenvalue weighted by molar-refractivity contribution is 6.30. The molecule has 0 aromatic heterocycles. The lowest BCUT2D eigenvalue weighted by Crippen LogP contribution is -2.45. The number of piperidine rings is 1. The van der Waals surface area contributed by atoms with Crippen LogP contribution in [0.2, 0.25) is 5.02 Å². The highest BCUT2D eigenvalue weighted by Crippen LogP contribution is 2.37. The number of alkyl halides is 6. The molecule has 2 aromatic rings. The van der Waals surface area contributed by atoms with Crippen molar-refractivity contribution in [1.29, 1.82) is 0 Å². The Kier molecular flexibility index (Phi) is 9.60. The van der Waals surface area contributed by atoms with Crippen LogP contribution in [0, 0.1) is 0 Å². The first-order valence-corrected chi connectivity index (χ1v) is 11.2. The molecular weight excluding hydrogens is 498 g/mol. The Balaban J connectivity index is 0.000000784. The largest absolute Gasteiger partial charge is 0.416 e. The van der Waals surface area contributed by atoms with Gasteiger partial charge in [-0.2, -0.15) is 26.3 Å². The molecule has 0 bridgehead atoms. The molecule has 0 aliphatic carbocycles. The van der Waals surface area contributed by atoms with Crippen molar-refractivity contribution >= 4 is 23.4 Å². The van der Waals surface area contributed by atoms with Crippen LogP contribution in [0.5, 0.6) is 0 Å². The van der Waals surface area contributed by atoms with Crippen LogP contribution in [0.3, 0.4) is 0 Å². The Morgan fingerprint density at radius 2 is 1.49 bits per heavy atom. The Labute approximate surface area is 204 Å². The van der Waals surface area contributed by atoms with Gasteiger partial charge in [-0.15, -0.1) is 0 Å². The van der Waals surface area contributed by atoms with Gasteiger partial charge in [0.25, 0.3) is 5.91 Å². The van der Waals surface area contributed by atoms with E-state index in [2.05, 4.69) is 5.73 Å². The van der Waals surface area contributed by atoms with Crippen molar-refractivity contribution in [3.63, 3.8) is 0 Å². The van der Waals surface area contributed by atoms with Gasteiger partial charge in [-0.3, -0.25) is 9.59 Å². The van der Waals surface area contributed by atoms with Crippen molar-refractivity contribution in [3.8, 4) is 0 Å². The first-order valence-electron chi connectivity index (χ1n) is 10.9. The van der Waals surface area contributed by atoms with E-state index in [-0.39, 0.29) is 24.6 Å². The van der Waals surface area contributed by atoms with E-state index in [1.807, 2.05) is 0 Å². The number of hydrogen-bond donors (Lipinski definition) is 1. The standard InChI is InChI=1S/C21H18ClF6NO.C3H7NO/c22-17-6-4-13(5-7-17)9-18-3-1-2-8-29(18)19(30)14-10-15(20(23,24)25)12-16(11-14)21(26,27)28;1-2-3(4)5/h4-7,10-12,18H,1-3,8-9H2;2H2,1H3,(H2,4,5)/t18-;/m0./s1. The summed E-state index contributed by atoms with van der Waals surface area (Å²) in [5.74, 6) is -1.07. The number of benzene rings is 2. The summed E-state index contributed by atoms with van der Waals surface area (Å²) in [5.41, 5.74) is 1.93. The number of primary amides is 1. The minimum Gasteiger partial charge on any atom is -0.370 e. The van der Waals surface area contributed by atoms with Crippen molar-refractivity contribution in [2.75, 3.05) is 6.54 Å². The zero-order valence-electron chi connectivity index (χ0n) is 18.8.